The summed E-state index contributed by atoms with van der Waals surface area (Å²) in [6.45, 7) is 2.89. The van der Waals surface area contributed by atoms with E-state index in [9.17, 15) is 17.6 Å². The van der Waals surface area contributed by atoms with Gasteiger partial charge in [-0.05, 0) is 73.7 Å². The topological polar surface area (TPSA) is 82.6 Å². The fourth-order valence-electron chi connectivity index (χ4n) is 5.02. The number of sulfonamides is 1. The molecule has 0 saturated carbocycles. The normalized spacial score (nSPS) is 19.4. The zero-order valence-electron chi connectivity index (χ0n) is 20.2. The van der Waals surface area contributed by atoms with Crippen molar-refractivity contribution >= 4 is 32.7 Å². The highest BCUT2D eigenvalue weighted by atomic mass is 32.2. The summed E-state index contributed by atoms with van der Waals surface area (Å²) in [4.78, 5) is 20.0. The van der Waals surface area contributed by atoms with Crippen LogP contribution in [0.25, 0.3) is 10.9 Å². The molecule has 2 aromatic carbocycles. The van der Waals surface area contributed by atoms with Crippen molar-refractivity contribution in [3.05, 3.63) is 66.0 Å². The standard InChI is InChI=1S/C27H31FN4O3S/c28-23-9-6-20(7-10-23)18-29-27(33)22-5-4-14-31(19-22)26-13-8-21-17-24(11-12-25(21)30-26)36(34,35)32-15-2-1-3-16-32/h6-13,17,22H,1-5,14-16,18-19H2,(H,29,33). The van der Waals surface area contributed by atoms with Gasteiger partial charge in [0.1, 0.15) is 11.6 Å². The molecule has 1 aromatic heterocycles. The lowest BCUT2D eigenvalue weighted by atomic mass is 9.97. The molecule has 9 heteroatoms. The van der Waals surface area contributed by atoms with Crippen LogP contribution in [0.3, 0.4) is 0 Å². The molecule has 1 atom stereocenters. The molecular weight excluding hydrogens is 479 g/mol. The molecule has 190 valence electrons. The van der Waals surface area contributed by atoms with Gasteiger partial charge in [-0.3, -0.25) is 4.79 Å². The van der Waals surface area contributed by atoms with E-state index in [1.54, 1.807) is 34.6 Å². The number of piperidine rings is 2. The highest BCUT2D eigenvalue weighted by Crippen LogP contribution is 2.27. The number of fused-ring (bicyclic) bond motifs is 1. The Labute approximate surface area is 211 Å². The molecule has 2 aliphatic rings. The monoisotopic (exact) mass is 510 g/mol. The van der Waals surface area contributed by atoms with E-state index in [-0.39, 0.29) is 17.6 Å². The summed E-state index contributed by atoms with van der Waals surface area (Å²) in [6.07, 6.45) is 4.56. The number of carbonyl (C=O) groups excluding carboxylic acids is 1. The fourth-order valence-corrected chi connectivity index (χ4v) is 6.57. The van der Waals surface area contributed by atoms with Crippen LogP contribution in [0.15, 0.2) is 59.5 Å². The van der Waals surface area contributed by atoms with Gasteiger partial charge < -0.3 is 10.2 Å². The van der Waals surface area contributed by atoms with E-state index in [2.05, 4.69) is 10.2 Å². The van der Waals surface area contributed by atoms with Gasteiger partial charge in [0.2, 0.25) is 15.9 Å². The van der Waals surface area contributed by atoms with Gasteiger partial charge in [-0.25, -0.2) is 17.8 Å². The number of hydrogen-bond donors (Lipinski definition) is 1. The minimum atomic E-state index is -3.50. The molecule has 1 N–H and O–H groups in total. The number of pyridine rings is 1. The summed E-state index contributed by atoms with van der Waals surface area (Å²) in [5, 5.41) is 3.75. The maximum atomic E-state index is 13.1. The first-order valence-electron chi connectivity index (χ1n) is 12.6. The largest absolute Gasteiger partial charge is 0.356 e. The zero-order chi connectivity index (χ0) is 25.1. The van der Waals surface area contributed by atoms with Gasteiger partial charge in [-0.15, -0.1) is 0 Å². The Morgan fingerprint density at radius 1 is 0.972 bits per heavy atom. The van der Waals surface area contributed by atoms with Crippen LogP contribution in [0.1, 0.15) is 37.7 Å². The van der Waals surface area contributed by atoms with Crippen molar-refractivity contribution in [3.8, 4) is 0 Å². The van der Waals surface area contributed by atoms with Crippen molar-refractivity contribution < 1.29 is 17.6 Å². The van der Waals surface area contributed by atoms with Crippen LogP contribution in [0.4, 0.5) is 10.2 Å². The summed E-state index contributed by atoms with van der Waals surface area (Å²) >= 11 is 0. The van der Waals surface area contributed by atoms with Crippen LogP contribution in [-0.2, 0) is 21.4 Å². The molecule has 0 spiro atoms. The number of nitrogens with zero attached hydrogens (tertiary/aromatic N) is 3. The third-order valence-electron chi connectivity index (χ3n) is 7.09. The number of aromatic nitrogens is 1. The number of anilines is 1. The van der Waals surface area contributed by atoms with E-state index in [1.165, 1.54) is 12.1 Å². The van der Waals surface area contributed by atoms with E-state index in [1.807, 2.05) is 12.1 Å². The van der Waals surface area contributed by atoms with E-state index in [0.717, 1.165) is 60.9 Å². The molecule has 5 rings (SSSR count). The molecule has 2 saturated heterocycles. The molecule has 1 unspecified atom stereocenters. The van der Waals surface area contributed by atoms with Crippen LogP contribution in [0.5, 0.6) is 0 Å². The SMILES string of the molecule is O=C(NCc1ccc(F)cc1)C1CCCN(c2ccc3cc(S(=O)(=O)N4CCCCC4)ccc3n2)C1. The Bertz CT molecular complexity index is 1340. The summed E-state index contributed by atoms with van der Waals surface area (Å²) in [5.74, 6) is 0.312. The molecule has 3 heterocycles. The molecule has 0 bridgehead atoms. The molecular formula is C27H31FN4O3S. The number of nitrogens with one attached hydrogen (secondary N) is 1. The van der Waals surface area contributed by atoms with E-state index in [0.29, 0.717) is 31.1 Å². The molecule has 3 aromatic rings. The number of halogens is 1. The number of amides is 1. The maximum absolute atomic E-state index is 13.1. The van der Waals surface area contributed by atoms with Gasteiger partial charge in [-0.1, -0.05) is 18.6 Å². The predicted molar refractivity (Wildman–Crippen MR) is 138 cm³/mol. The van der Waals surface area contributed by atoms with E-state index in [4.69, 9.17) is 4.98 Å². The van der Waals surface area contributed by atoms with Crippen LogP contribution in [0.2, 0.25) is 0 Å². The van der Waals surface area contributed by atoms with Crippen molar-refractivity contribution in [1.29, 1.82) is 0 Å². The first-order chi connectivity index (χ1) is 17.4. The Hall–Kier alpha value is -3.04. The average Bonchev–Trinajstić information content (AvgIpc) is 2.92. The predicted octanol–water partition coefficient (Wildman–Crippen LogP) is 4.08. The van der Waals surface area contributed by atoms with Crippen molar-refractivity contribution in [2.75, 3.05) is 31.1 Å². The second-order valence-electron chi connectivity index (χ2n) is 9.62. The smallest absolute Gasteiger partial charge is 0.243 e. The van der Waals surface area contributed by atoms with Gasteiger partial charge in [0.25, 0.3) is 0 Å². The van der Waals surface area contributed by atoms with Gasteiger partial charge in [-0.2, -0.15) is 4.31 Å². The molecule has 7 nitrogen and oxygen atoms in total. The quantitative estimate of drug-likeness (QED) is 0.540. The summed E-state index contributed by atoms with van der Waals surface area (Å²) in [6, 6.07) is 15.1. The van der Waals surface area contributed by atoms with Crippen molar-refractivity contribution in [1.82, 2.24) is 14.6 Å². The van der Waals surface area contributed by atoms with Gasteiger partial charge >= 0.3 is 0 Å². The third kappa shape index (κ3) is 5.37. The Morgan fingerprint density at radius 2 is 1.75 bits per heavy atom. The molecule has 2 fully saturated rings. The highest BCUT2D eigenvalue weighted by molar-refractivity contribution is 7.89. The van der Waals surface area contributed by atoms with Crippen molar-refractivity contribution in [2.45, 2.75) is 43.5 Å². The summed E-state index contributed by atoms with van der Waals surface area (Å²) < 4.78 is 40.8. The minimum absolute atomic E-state index is 0.0163. The maximum Gasteiger partial charge on any atom is 0.243 e. The first-order valence-corrected chi connectivity index (χ1v) is 14.0. The summed E-state index contributed by atoms with van der Waals surface area (Å²) in [7, 11) is -3.50. The second kappa shape index (κ2) is 10.5. The average molecular weight is 511 g/mol. The van der Waals surface area contributed by atoms with E-state index >= 15 is 0 Å². The van der Waals surface area contributed by atoms with Gasteiger partial charge in [0, 0.05) is 38.1 Å². The third-order valence-corrected chi connectivity index (χ3v) is 8.99. The number of hydrogen-bond acceptors (Lipinski definition) is 5. The Kier molecular flexibility index (Phi) is 7.20. The lowest BCUT2D eigenvalue weighted by molar-refractivity contribution is -0.125. The number of benzene rings is 2. The molecule has 2 aliphatic heterocycles. The van der Waals surface area contributed by atoms with Crippen LogP contribution in [-0.4, -0.2) is 49.8 Å². The highest BCUT2D eigenvalue weighted by Gasteiger charge is 2.28. The Balaban J connectivity index is 1.26. The minimum Gasteiger partial charge on any atom is -0.356 e. The molecule has 0 radical (unpaired) electrons. The lowest BCUT2D eigenvalue weighted by Gasteiger charge is -2.33. The molecule has 36 heavy (non-hydrogen) atoms. The van der Waals surface area contributed by atoms with Gasteiger partial charge in [0.15, 0.2) is 0 Å². The fraction of sp³-hybridized carbons (Fsp3) is 0.407. The van der Waals surface area contributed by atoms with Crippen molar-refractivity contribution in [3.63, 3.8) is 0 Å². The number of rotatable bonds is 6. The van der Waals surface area contributed by atoms with Crippen LogP contribution < -0.4 is 10.2 Å². The summed E-state index contributed by atoms with van der Waals surface area (Å²) in [5.41, 5.74) is 1.59. The first kappa shape index (κ1) is 24.6. The molecule has 1 amide bonds. The lowest BCUT2D eigenvalue weighted by Crippen LogP contribution is -2.43. The Morgan fingerprint density at radius 3 is 2.53 bits per heavy atom. The van der Waals surface area contributed by atoms with E-state index < -0.39 is 10.0 Å². The van der Waals surface area contributed by atoms with Gasteiger partial charge in [0.05, 0.1) is 16.3 Å². The number of carbonyl (C=O) groups is 1. The van der Waals surface area contributed by atoms with Crippen LogP contribution in [0, 0.1) is 11.7 Å². The van der Waals surface area contributed by atoms with Crippen molar-refractivity contribution in [2.24, 2.45) is 5.92 Å². The van der Waals surface area contributed by atoms with Crippen LogP contribution >= 0.6 is 0 Å². The second-order valence-corrected chi connectivity index (χ2v) is 11.6. The zero-order valence-corrected chi connectivity index (χ0v) is 21.0. The molecule has 0 aliphatic carbocycles.